The van der Waals surface area contributed by atoms with Gasteiger partial charge in [-0.15, -0.1) is 0 Å². The van der Waals surface area contributed by atoms with E-state index in [1.165, 1.54) is 21.1 Å². The number of nitrogens with one attached hydrogen (secondary N) is 1. The minimum atomic E-state index is -1.08. The number of rotatable bonds is 6. The van der Waals surface area contributed by atoms with Gasteiger partial charge >= 0.3 is 5.97 Å². The number of likely N-dealkylation sites (N-methyl/N-ethyl adjacent to an activating group) is 1. The lowest BCUT2D eigenvalue weighted by molar-refractivity contribution is -0.141. The maximum Gasteiger partial charge on any atom is 0.326 e. The minimum absolute atomic E-state index is 0.204. The van der Waals surface area contributed by atoms with E-state index in [0.29, 0.717) is 17.2 Å². The summed E-state index contributed by atoms with van der Waals surface area (Å²) in [6.07, 6.45) is 0. The van der Waals surface area contributed by atoms with Crippen molar-refractivity contribution in [3.8, 4) is 22.8 Å². The van der Waals surface area contributed by atoms with Crippen LogP contribution in [0.1, 0.15) is 17.4 Å². The summed E-state index contributed by atoms with van der Waals surface area (Å²) in [5.41, 5.74) is 1.47. The molecular formula is C16H19N3O5. The number of nitrogens with zero attached hydrogens (tertiary/aromatic N) is 2. The molecule has 0 saturated carbocycles. The second-order valence-corrected chi connectivity index (χ2v) is 5.17. The molecule has 1 heterocycles. The number of carbonyl (C=O) groups excluding carboxylic acids is 1. The van der Waals surface area contributed by atoms with Crippen LogP contribution in [0.15, 0.2) is 24.3 Å². The molecule has 1 amide bonds. The molecule has 2 N–H and O–H groups in total. The molecule has 8 nitrogen and oxygen atoms in total. The van der Waals surface area contributed by atoms with Crippen LogP contribution in [-0.2, 0) is 4.79 Å². The maximum atomic E-state index is 12.3. The smallest absolute Gasteiger partial charge is 0.326 e. The summed E-state index contributed by atoms with van der Waals surface area (Å²) in [6.45, 7) is 1.44. The maximum absolute atomic E-state index is 12.3. The molecule has 0 aliphatic heterocycles. The predicted molar refractivity (Wildman–Crippen MR) is 86.3 cm³/mol. The number of benzene rings is 1. The van der Waals surface area contributed by atoms with Crippen LogP contribution in [0.3, 0.4) is 0 Å². The summed E-state index contributed by atoms with van der Waals surface area (Å²) in [7, 11) is 4.50. The molecule has 2 rings (SSSR count). The highest BCUT2D eigenvalue weighted by molar-refractivity contribution is 5.95. The van der Waals surface area contributed by atoms with Crippen molar-refractivity contribution in [1.29, 1.82) is 0 Å². The van der Waals surface area contributed by atoms with E-state index in [0.717, 1.165) is 10.5 Å². The molecule has 128 valence electrons. The molecule has 24 heavy (non-hydrogen) atoms. The lowest BCUT2D eigenvalue weighted by atomic mass is 10.1. The number of aromatic nitrogens is 2. The molecule has 0 spiro atoms. The Labute approximate surface area is 139 Å². The van der Waals surface area contributed by atoms with Crippen LogP contribution in [0.4, 0.5) is 0 Å². The van der Waals surface area contributed by atoms with Gasteiger partial charge in [-0.1, -0.05) is 0 Å². The number of carboxylic acids is 1. The van der Waals surface area contributed by atoms with Crippen LogP contribution in [0.5, 0.6) is 11.5 Å². The first kappa shape index (κ1) is 17.3. The van der Waals surface area contributed by atoms with Gasteiger partial charge in [0.25, 0.3) is 5.91 Å². The zero-order chi connectivity index (χ0) is 17.9. The summed E-state index contributed by atoms with van der Waals surface area (Å²) in [6, 6.07) is 5.89. The zero-order valence-corrected chi connectivity index (χ0v) is 13.9. The molecule has 1 aromatic heterocycles. The van der Waals surface area contributed by atoms with Crippen molar-refractivity contribution in [3.63, 3.8) is 0 Å². The Morgan fingerprint density at radius 1 is 1.21 bits per heavy atom. The van der Waals surface area contributed by atoms with E-state index in [1.807, 2.05) is 0 Å². The van der Waals surface area contributed by atoms with E-state index in [2.05, 4.69) is 10.2 Å². The van der Waals surface area contributed by atoms with Gasteiger partial charge in [-0.2, -0.15) is 5.10 Å². The number of hydrogen-bond donors (Lipinski definition) is 2. The van der Waals surface area contributed by atoms with E-state index in [4.69, 9.17) is 14.6 Å². The highest BCUT2D eigenvalue weighted by atomic mass is 16.5. The number of H-pyrrole nitrogens is 1. The third kappa shape index (κ3) is 3.32. The fourth-order valence-corrected chi connectivity index (χ4v) is 2.11. The second-order valence-electron chi connectivity index (χ2n) is 5.17. The van der Waals surface area contributed by atoms with Crippen molar-refractivity contribution < 1.29 is 24.2 Å². The largest absolute Gasteiger partial charge is 0.493 e. The molecule has 0 bridgehead atoms. The van der Waals surface area contributed by atoms with Crippen LogP contribution < -0.4 is 9.47 Å². The number of hydrogen-bond acceptors (Lipinski definition) is 5. The lowest BCUT2D eigenvalue weighted by Gasteiger charge is -2.20. The Balaban J connectivity index is 2.28. The van der Waals surface area contributed by atoms with Gasteiger partial charge in [0.15, 0.2) is 11.5 Å². The molecule has 8 heteroatoms. The first-order valence-electron chi connectivity index (χ1n) is 7.16. The van der Waals surface area contributed by atoms with Crippen molar-refractivity contribution in [3.05, 3.63) is 30.0 Å². The quantitative estimate of drug-likeness (QED) is 0.832. The van der Waals surface area contributed by atoms with Gasteiger partial charge in [-0.25, -0.2) is 4.79 Å². The summed E-state index contributed by atoms with van der Waals surface area (Å²) in [5, 5.41) is 15.7. The van der Waals surface area contributed by atoms with Gasteiger partial charge in [0.05, 0.1) is 19.9 Å². The lowest BCUT2D eigenvalue weighted by Crippen LogP contribution is -2.40. The van der Waals surface area contributed by atoms with E-state index in [9.17, 15) is 9.59 Å². The SMILES string of the molecule is COc1ccc(-c2cc(C(=O)N(C)C(C)C(=O)O)[nH]n2)cc1OC. The average Bonchev–Trinajstić information content (AvgIpc) is 3.08. The van der Waals surface area contributed by atoms with Gasteiger partial charge in [0, 0.05) is 12.6 Å². The summed E-state index contributed by atoms with van der Waals surface area (Å²) in [4.78, 5) is 24.4. The molecule has 1 unspecified atom stereocenters. The predicted octanol–water partition coefficient (Wildman–Crippen LogP) is 1.64. The number of ether oxygens (including phenoxy) is 2. The van der Waals surface area contributed by atoms with Crippen molar-refractivity contribution in [2.45, 2.75) is 13.0 Å². The summed E-state index contributed by atoms with van der Waals surface area (Å²) in [5.74, 6) is -0.403. The van der Waals surface area contributed by atoms with Crippen LogP contribution in [0.25, 0.3) is 11.3 Å². The third-order valence-electron chi connectivity index (χ3n) is 3.75. The molecular weight excluding hydrogens is 314 g/mol. The number of methoxy groups -OCH3 is 2. The van der Waals surface area contributed by atoms with E-state index in [-0.39, 0.29) is 5.69 Å². The molecule has 1 aromatic carbocycles. The highest BCUT2D eigenvalue weighted by Gasteiger charge is 2.24. The van der Waals surface area contributed by atoms with Crippen LogP contribution in [0.2, 0.25) is 0 Å². The van der Waals surface area contributed by atoms with Crippen LogP contribution in [-0.4, -0.2) is 59.4 Å². The zero-order valence-electron chi connectivity index (χ0n) is 13.9. The van der Waals surface area contributed by atoms with E-state index < -0.39 is 17.9 Å². The third-order valence-corrected chi connectivity index (χ3v) is 3.75. The molecule has 1 atom stereocenters. The molecule has 0 radical (unpaired) electrons. The van der Waals surface area contributed by atoms with Gasteiger partial charge in [-0.05, 0) is 31.2 Å². The van der Waals surface area contributed by atoms with Gasteiger partial charge < -0.3 is 19.5 Å². The number of aromatic amines is 1. The van der Waals surface area contributed by atoms with E-state index in [1.54, 1.807) is 31.4 Å². The summed E-state index contributed by atoms with van der Waals surface area (Å²) < 4.78 is 10.4. The monoisotopic (exact) mass is 333 g/mol. The fourth-order valence-electron chi connectivity index (χ4n) is 2.11. The van der Waals surface area contributed by atoms with Gasteiger partial charge in [-0.3, -0.25) is 9.89 Å². The normalized spacial score (nSPS) is 11.7. The first-order chi connectivity index (χ1) is 11.4. The Morgan fingerprint density at radius 2 is 1.88 bits per heavy atom. The number of carboxylic acid groups (broad SMARTS) is 1. The highest BCUT2D eigenvalue weighted by Crippen LogP contribution is 2.31. The van der Waals surface area contributed by atoms with Crippen molar-refractivity contribution >= 4 is 11.9 Å². The number of amides is 1. The second kappa shape index (κ2) is 7.03. The molecule has 0 fully saturated rings. The molecule has 0 saturated heterocycles. The summed E-state index contributed by atoms with van der Waals surface area (Å²) >= 11 is 0. The van der Waals surface area contributed by atoms with Crippen LogP contribution >= 0.6 is 0 Å². The standard InChI is InChI=1S/C16H19N3O5/c1-9(16(21)22)19(2)15(20)12-8-11(17-18-12)10-5-6-13(23-3)14(7-10)24-4/h5-9H,1-4H3,(H,17,18)(H,21,22). The minimum Gasteiger partial charge on any atom is -0.493 e. The Morgan fingerprint density at radius 3 is 2.46 bits per heavy atom. The van der Waals surface area contributed by atoms with Gasteiger partial charge in [0.2, 0.25) is 0 Å². The topological polar surface area (TPSA) is 105 Å². The number of aliphatic carboxylic acids is 1. The first-order valence-corrected chi connectivity index (χ1v) is 7.16. The number of carbonyl (C=O) groups is 2. The van der Waals surface area contributed by atoms with Gasteiger partial charge in [0.1, 0.15) is 11.7 Å². The Bertz CT molecular complexity index is 756. The van der Waals surface area contributed by atoms with Crippen molar-refractivity contribution in [2.24, 2.45) is 0 Å². The fraction of sp³-hybridized carbons (Fsp3) is 0.312. The van der Waals surface area contributed by atoms with Crippen molar-refractivity contribution in [2.75, 3.05) is 21.3 Å². The van der Waals surface area contributed by atoms with Crippen molar-refractivity contribution in [1.82, 2.24) is 15.1 Å². The average molecular weight is 333 g/mol. The molecule has 0 aliphatic carbocycles. The molecule has 0 aliphatic rings. The van der Waals surface area contributed by atoms with E-state index >= 15 is 0 Å². The van der Waals surface area contributed by atoms with Crippen LogP contribution in [0, 0.1) is 0 Å². The molecule has 2 aromatic rings. The Hall–Kier alpha value is -3.03. The Kier molecular flexibility index (Phi) is 5.08.